The predicted molar refractivity (Wildman–Crippen MR) is 62.9 cm³/mol. The van der Waals surface area contributed by atoms with Gasteiger partial charge in [0, 0.05) is 6.10 Å². The van der Waals surface area contributed by atoms with E-state index in [1.54, 1.807) is 0 Å². The Morgan fingerprint density at radius 2 is 1.77 bits per heavy atom. The lowest BCUT2D eigenvalue weighted by Crippen LogP contribution is -2.14. The molecule has 0 N–H and O–H groups in total. The summed E-state index contributed by atoms with van der Waals surface area (Å²) in [5, 5.41) is 0. The molecule has 1 atom stereocenters. The van der Waals surface area contributed by atoms with Crippen LogP contribution in [-0.2, 0) is 4.43 Å². The van der Waals surface area contributed by atoms with Gasteiger partial charge in [-0.3, -0.25) is 0 Å². The fourth-order valence-electron chi connectivity index (χ4n) is 1.44. The third kappa shape index (κ3) is 8.51. The number of hydrogen-bond acceptors (Lipinski definition) is 1. The van der Waals surface area contributed by atoms with Gasteiger partial charge < -0.3 is 4.43 Å². The van der Waals surface area contributed by atoms with Gasteiger partial charge in [-0.05, 0) is 18.9 Å². The molecule has 0 radical (unpaired) electrons. The number of unbranched alkanes of at least 4 members (excludes halogenated alkanes) is 2. The van der Waals surface area contributed by atoms with E-state index < -0.39 is 0 Å². The largest absolute Gasteiger partial charge is 0.421 e. The average Bonchev–Trinajstić information content (AvgIpc) is 2.17. The molecule has 0 aliphatic carbocycles. The normalized spacial score (nSPS) is 14.1. The van der Waals surface area contributed by atoms with Crippen LogP contribution >= 0.6 is 0 Å². The zero-order valence-electron chi connectivity index (χ0n) is 9.64. The molecule has 0 bridgehead atoms. The molecule has 0 saturated heterocycles. The summed E-state index contributed by atoms with van der Waals surface area (Å²) in [7, 11) is -0.186. The Bertz CT molecular complexity index is 96.1. The lowest BCUT2D eigenvalue weighted by atomic mass is 10.1. The third-order valence-corrected chi connectivity index (χ3v) is 3.93. The van der Waals surface area contributed by atoms with E-state index in [2.05, 4.69) is 20.8 Å². The van der Waals surface area contributed by atoms with Gasteiger partial charge in [-0.15, -0.1) is 0 Å². The molecule has 0 aliphatic rings. The highest BCUT2D eigenvalue weighted by Crippen LogP contribution is 2.08. The van der Waals surface area contributed by atoms with Crippen molar-refractivity contribution >= 4 is 9.76 Å². The summed E-state index contributed by atoms with van der Waals surface area (Å²) in [5.74, 6) is 0. The molecule has 0 aromatic rings. The van der Waals surface area contributed by atoms with E-state index in [0.717, 1.165) is 0 Å². The second kappa shape index (κ2) is 10.3. The van der Waals surface area contributed by atoms with Crippen molar-refractivity contribution in [1.82, 2.24) is 0 Å². The molecule has 0 spiro atoms. The van der Waals surface area contributed by atoms with Crippen molar-refractivity contribution in [1.29, 1.82) is 0 Å². The molecular formula is C11H26OSi. The predicted octanol–water partition coefficient (Wildman–Crippen LogP) is 3.27. The van der Waals surface area contributed by atoms with Crippen molar-refractivity contribution in [2.24, 2.45) is 0 Å². The van der Waals surface area contributed by atoms with Crippen molar-refractivity contribution < 1.29 is 4.43 Å². The third-order valence-electron chi connectivity index (χ3n) is 2.44. The maximum Gasteiger partial charge on any atom is 0.161 e. The fraction of sp³-hybridized carbons (Fsp3) is 1.00. The van der Waals surface area contributed by atoms with E-state index in [9.17, 15) is 0 Å². The summed E-state index contributed by atoms with van der Waals surface area (Å²) in [5.41, 5.74) is 0. The van der Waals surface area contributed by atoms with Crippen molar-refractivity contribution in [3.63, 3.8) is 0 Å². The quantitative estimate of drug-likeness (QED) is 0.412. The van der Waals surface area contributed by atoms with Crippen molar-refractivity contribution in [3.05, 3.63) is 0 Å². The summed E-state index contributed by atoms with van der Waals surface area (Å²) in [4.78, 5) is 0. The Morgan fingerprint density at radius 1 is 1.08 bits per heavy atom. The minimum absolute atomic E-state index is 0.186. The maximum atomic E-state index is 5.93. The molecule has 0 heterocycles. The zero-order valence-corrected chi connectivity index (χ0v) is 11.1. The summed E-state index contributed by atoms with van der Waals surface area (Å²) in [6.07, 6.45) is 8.41. The van der Waals surface area contributed by atoms with Crippen molar-refractivity contribution in [3.8, 4) is 0 Å². The van der Waals surface area contributed by atoms with Gasteiger partial charge in [0.2, 0.25) is 0 Å². The molecule has 1 nitrogen and oxygen atoms in total. The van der Waals surface area contributed by atoms with Gasteiger partial charge in [-0.2, -0.15) is 0 Å². The van der Waals surface area contributed by atoms with Gasteiger partial charge >= 0.3 is 0 Å². The second-order valence-electron chi connectivity index (χ2n) is 3.75. The van der Waals surface area contributed by atoms with Gasteiger partial charge in [0.1, 0.15) is 0 Å². The van der Waals surface area contributed by atoms with E-state index in [-0.39, 0.29) is 9.76 Å². The monoisotopic (exact) mass is 202 g/mol. The topological polar surface area (TPSA) is 9.23 Å². The van der Waals surface area contributed by atoms with E-state index in [0.29, 0.717) is 6.10 Å². The minimum atomic E-state index is -0.186. The molecule has 1 unspecified atom stereocenters. The highest BCUT2D eigenvalue weighted by atomic mass is 28.2. The van der Waals surface area contributed by atoms with Crippen LogP contribution in [0.3, 0.4) is 0 Å². The van der Waals surface area contributed by atoms with Crippen LogP contribution in [0.1, 0.15) is 59.3 Å². The van der Waals surface area contributed by atoms with Crippen LogP contribution < -0.4 is 0 Å². The Hall–Kier alpha value is 0.177. The van der Waals surface area contributed by atoms with Crippen LogP contribution in [0.15, 0.2) is 0 Å². The van der Waals surface area contributed by atoms with Gasteiger partial charge in [0.15, 0.2) is 9.76 Å². The maximum absolute atomic E-state index is 5.93. The molecule has 0 aliphatic heterocycles. The lowest BCUT2D eigenvalue weighted by Gasteiger charge is -2.15. The zero-order chi connectivity index (χ0) is 9.94. The van der Waals surface area contributed by atoms with Crippen molar-refractivity contribution in [2.45, 2.75) is 71.4 Å². The lowest BCUT2D eigenvalue weighted by molar-refractivity contribution is 0.192. The Labute approximate surface area is 86.2 Å². The highest BCUT2D eigenvalue weighted by Gasteiger charge is 2.04. The molecule has 2 heteroatoms. The second-order valence-corrected chi connectivity index (χ2v) is 5.20. The van der Waals surface area contributed by atoms with Crippen molar-refractivity contribution in [2.75, 3.05) is 0 Å². The average molecular weight is 202 g/mol. The summed E-state index contributed by atoms with van der Waals surface area (Å²) >= 11 is 0. The van der Waals surface area contributed by atoms with Gasteiger partial charge in [0.05, 0.1) is 0 Å². The van der Waals surface area contributed by atoms with Crippen LogP contribution in [0, 0.1) is 0 Å². The number of hydrogen-bond donors (Lipinski definition) is 0. The SMILES string of the molecule is CCCC[SiH2]OC(CC)CCCC. The molecule has 0 fully saturated rings. The van der Waals surface area contributed by atoms with Crippen LogP contribution in [-0.4, -0.2) is 15.9 Å². The fourth-order valence-corrected chi connectivity index (χ4v) is 3.05. The first-order valence-corrected chi connectivity index (χ1v) is 7.54. The van der Waals surface area contributed by atoms with E-state index in [4.69, 9.17) is 4.43 Å². The van der Waals surface area contributed by atoms with Crippen LogP contribution in [0.2, 0.25) is 6.04 Å². The van der Waals surface area contributed by atoms with E-state index >= 15 is 0 Å². The highest BCUT2D eigenvalue weighted by molar-refractivity contribution is 6.27. The van der Waals surface area contributed by atoms with Crippen LogP contribution in [0.4, 0.5) is 0 Å². The molecule has 80 valence electrons. The molecule has 0 rings (SSSR count). The van der Waals surface area contributed by atoms with E-state index in [1.807, 2.05) is 0 Å². The van der Waals surface area contributed by atoms with Crippen LogP contribution in [0.5, 0.6) is 0 Å². The molecule has 0 saturated carbocycles. The molecule has 13 heavy (non-hydrogen) atoms. The van der Waals surface area contributed by atoms with Gasteiger partial charge in [0.25, 0.3) is 0 Å². The summed E-state index contributed by atoms with van der Waals surface area (Å²) < 4.78 is 5.93. The first-order valence-electron chi connectivity index (χ1n) is 5.96. The molecular weight excluding hydrogens is 176 g/mol. The summed E-state index contributed by atoms with van der Waals surface area (Å²) in [6.45, 7) is 6.75. The molecule has 0 aromatic carbocycles. The van der Waals surface area contributed by atoms with Crippen LogP contribution in [0.25, 0.3) is 0 Å². The Balaban J connectivity index is 3.25. The molecule has 0 aromatic heterocycles. The smallest absolute Gasteiger partial charge is 0.161 e. The standard InChI is InChI=1S/C11H26OSi/c1-4-7-9-11(6-3)12-13-10-8-5-2/h11H,4-10,13H2,1-3H3. The Morgan fingerprint density at radius 3 is 2.31 bits per heavy atom. The van der Waals surface area contributed by atoms with Gasteiger partial charge in [-0.25, -0.2) is 0 Å². The number of rotatable bonds is 9. The van der Waals surface area contributed by atoms with Gasteiger partial charge in [-0.1, -0.05) is 46.5 Å². The molecule has 0 amide bonds. The first kappa shape index (κ1) is 13.2. The first-order chi connectivity index (χ1) is 6.35. The summed E-state index contributed by atoms with van der Waals surface area (Å²) in [6, 6.07) is 1.37. The minimum Gasteiger partial charge on any atom is -0.421 e. The van der Waals surface area contributed by atoms with E-state index in [1.165, 1.54) is 44.6 Å². The Kier molecular flexibility index (Phi) is 10.4.